The van der Waals surface area contributed by atoms with E-state index in [0.717, 1.165) is 18.5 Å². The Labute approximate surface area is 107 Å². The highest BCUT2D eigenvalue weighted by atomic mass is 35.5. The third-order valence-electron chi connectivity index (χ3n) is 3.45. The van der Waals surface area contributed by atoms with Crippen LogP contribution in [0, 0.1) is 0 Å². The molecule has 1 aromatic rings. The van der Waals surface area contributed by atoms with E-state index in [1.165, 1.54) is 0 Å². The van der Waals surface area contributed by atoms with Crippen molar-refractivity contribution >= 4 is 11.6 Å². The predicted octanol–water partition coefficient (Wildman–Crippen LogP) is 2.21. The van der Waals surface area contributed by atoms with Gasteiger partial charge in [0.15, 0.2) is 0 Å². The summed E-state index contributed by atoms with van der Waals surface area (Å²) in [6.45, 7) is 4.05. The van der Waals surface area contributed by atoms with Crippen molar-refractivity contribution in [1.29, 1.82) is 0 Å². The van der Waals surface area contributed by atoms with Crippen LogP contribution in [0.3, 0.4) is 0 Å². The summed E-state index contributed by atoms with van der Waals surface area (Å²) in [5.74, 6) is 0. The van der Waals surface area contributed by atoms with E-state index < -0.39 is 5.60 Å². The molecule has 0 bridgehead atoms. The van der Waals surface area contributed by atoms with Crippen molar-refractivity contribution in [2.45, 2.75) is 57.2 Å². The van der Waals surface area contributed by atoms with Crippen LogP contribution in [0.1, 0.15) is 51.3 Å². The maximum Gasteiger partial charge on any atom is 0.109 e. The molecule has 0 saturated heterocycles. The fraction of sp³-hybridized carbons (Fsp3) is 0.750. The van der Waals surface area contributed by atoms with Crippen LogP contribution < -0.4 is 5.73 Å². The lowest BCUT2D eigenvalue weighted by atomic mass is 9.80. The smallest absolute Gasteiger partial charge is 0.109 e. The first-order valence-corrected chi connectivity index (χ1v) is 6.53. The highest BCUT2D eigenvalue weighted by Gasteiger charge is 2.39. The maximum absolute atomic E-state index is 10.8. The Bertz CT molecular complexity index is 404. The molecule has 0 spiro atoms. The predicted molar refractivity (Wildman–Crippen MR) is 68.0 cm³/mol. The second kappa shape index (κ2) is 4.59. The lowest BCUT2D eigenvalue weighted by Gasteiger charge is -2.36. The molecule has 4 nitrogen and oxygen atoms in total. The summed E-state index contributed by atoms with van der Waals surface area (Å²) in [5, 5.41) is 15.6. The van der Waals surface area contributed by atoms with Gasteiger partial charge in [-0.25, -0.2) is 0 Å². The van der Waals surface area contributed by atoms with Crippen LogP contribution in [0.5, 0.6) is 0 Å². The van der Waals surface area contributed by atoms with E-state index in [1.54, 1.807) is 10.9 Å². The van der Waals surface area contributed by atoms with Gasteiger partial charge in [0, 0.05) is 12.1 Å². The van der Waals surface area contributed by atoms with Gasteiger partial charge in [0.05, 0.1) is 16.9 Å². The molecule has 1 aromatic heterocycles. The van der Waals surface area contributed by atoms with Crippen LogP contribution in [0.15, 0.2) is 6.20 Å². The summed E-state index contributed by atoms with van der Waals surface area (Å²) in [5.41, 5.74) is 5.77. The minimum Gasteiger partial charge on any atom is -0.383 e. The van der Waals surface area contributed by atoms with Gasteiger partial charge in [-0.3, -0.25) is 4.68 Å². The fourth-order valence-corrected chi connectivity index (χ4v) is 2.98. The van der Waals surface area contributed by atoms with Crippen molar-refractivity contribution in [3.63, 3.8) is 0 Å². The lowest BCUT2D eigenvalue weighted by molar-refractivity contribution is -0.0158. The average molecular weight is 258 g/mol. The van der Waals surface area contributed by atoms with Gasteiger partial charge in [0.1, 0.15) is 5.60 Å². The topological polar surface area (TPSA) is 64.1 Å². The number of nitrogens with two attached hydrogens (primary N) is 1. The Balaban J connectivity index is 2.41. The number of hydrogen-bond donors (Lipinski definition) is 2. The van der Waals surface area contributed by atoms with Crippen molar-refractivity contribution in [3.05, 3.63) is 16.9 Å². The number of aliphatic hydroxyl groups is 1. The molecule has 96 valence electrons. The molecular weight excluding hydrogens is 238 g/mol. The first-order valence-electron chi connectivity index (χ1n) is 6.15. The van der Waals surface area contributed by atoms with Crippen LogP contribution >= 0.6 is 11.6 Å². The molecule has 3 N–H and O–H groups in total. The average Bonchev–Trinajstić information content (AvgIpc) is 2.60. The maximum atomic E-state index is 10.8. The lowest BCUT2D eigenvalue weighted by Crippen LogP contribution is -2.41. The minimum absolute atomic E-state index is 0.0420. The number of nitrogens with zero attached hydrogens (tertiary/aromatic N) is 2. The van der Waals surface area contributed by atoms with E-state index in [2.05, 4.69) is 5.10 Å². The van der Waals surface area contributed by atoms with Crippen LogP contribution in [0.25, 0.3) is 0 Å². The summed E-state index contributed by atoms with van der Waals surface area (Å²) >= 11 is 6.18. The largest absolute Gasteiger partial charge is 0.383 e. The van der Waals surface area contributed by atoms with Crippen molar-refractivity contribution in [1.82, 2.24) is 9.78 Å². The van der Waals surface area contributed by atoms with Gasteiger partial charge >= 0.3 is 0 Å². The zero-order valence-corrected chi connectivity index (χ0v) is 11.1. The van der Waals surface area contributed by atoms with E-state index in [0.29, 0.717) is 17.9 Å². The molecule has 0 radical (unpaired) electrons. The summed E-state index contributed by atoms with van der Waals surface area (Å²) in [6.07, 6.45) is 4.77. The summed E-state index contributed by atoms with van der Waals surface area (Å²) in [6, 6.07) is 0.222. The fourth-order valence-electron chi connectivity index (χ4n) is 2.68. The minimum atomic E-state index is -0.921. The second-order valence-electron chi connectivity index (χ2n) is 5.27. The first kappa shape index (κ1) is 12.9. The Kier molecular flexibility index (Phi) is 3.48. The molecule has 2 rings (SSSR count). The molecule has 0 amide bonds. The summed E-state index contributed by atoms with van der Waals surface area (Å²) in [7, 11) is 0. The van der Waals surface area contributed by atoms with Gasteiger partial charge < -0.3 is 10.8 Å². The standard InChI is InChI=1S/C12H20ClN3O/c1-8(2)16-11(10(13)7-15-16)12(17)5-3-4-9(14)6-12/h7-9,17H,3-6,14H2,1-2H3. The van der Waals surface area contributed by atoms with Crippen molar-refractivity contribution < 1.29 is 5.11 Å². The zero-order chi connectivity index (χ0) is 12.6. The highest BCUT2D eigenvalue weighted by molar-refractivity contribution is 6.31. The number of hydrogen-bond acceptors (Lipinski definition) is 3. The molecule has 1 fully saturated rings. The molecule has 2 unspecified atom stereocenters. The summed E-state index contributed by atoms with van der Waals surface area (Å²) in [4.78, 5) is 0. The Morgan fingerprint density at radius 1 is 1.65 bits per heavy atom. The van der Waals surface area contributed by atoms with E-state index in [1.807, 2.05) is 13.8 Å². The molecular formula is C12H20ClN3O. The number of halogens is 1. The third-order valence-corrected chi connectivity index (χ3v) is 3.72. The Morgan fingerprint density at radius 3 is 2.94 bits per heavy atom. The highest BCUT2D eigenvalue weighted by Crippen LogP contribution is 2.40. The third kappa shape index (κ3) is 2.34. The molecule has 17 heavy (non-hydrogen) atoms. The van der Waals surface area contributed by atoms with Crippen molar-refractivity contribution in [2.75, 3.05) is 0 Å². The molecule has 1 saturated carbocycles. The first-order chi connectivity index (χ1) is 7.94. The molecule has 1 aliphatic rings. The molecule has 1 aliphatic carbocycles. The van der Waals surface area contributed by atoms with Crippen LogP contribution in [0.4, 0.5) is 0 Å². The second-order valence-corrected chi connectivity index (χ2v) is 5.67. The monoisotopic (exact) mass is 257 g/mol. The van der Waals surface area contributed by atoms with Crippen LogP contribution in [-0.2, 0) is 5.60 Å². The van der Waals surface area contributed by atoms with E-state index in [-0.39, 0.29) is 12.1 Å². The number of aromatic nitrogens is 2. The SMILES string of the molecule is CC(C)n1ncc(Cl)c1C1(O)CCCC(N)C1. The van der Waals surface area contributed by atoms with Gasteiger partial charge in [-0.2, -0.15) is 5.10 Å². The van der Waals surface area contributed by atoms with Crippen LogP contribution in [0.2, 0.25) is 5.02 Å². The number of rotatable bonds is 2. The Morgan fingerprint density at radius 2 is 2.35 bits per heavy atom. The molecule has 2 atom stereocenters. The van der Waals surface area contributed by atoms with Crippen molar-refractivity contribution in [3.8, 4) is 0 Å². The van der Waals surface area contributed by atoms with Crippen LogP contribution in [-0.4, -0.2) is 20.9 Å². The van der Waals surface area contributed by atoms with Gasteiger partial charge in [0.2, 0.25) is 0 Å². The summed E-state index contributed by atoms with van der Waals surface area (Å²) < 4.78 is 1.81. The molecule has 0 aliphatic heterocycles. The van der Waals surface area contributed by atoms with E-state index >= 15 is 0 Å². The van der Waals surface area contributed by atoms with Gasteiger partial charge in [-0.05, 0) is 39.5 Å². The van der Waals surface area contributed by atoms with Gasteiger partial charge in [0.25, 0.3) is 0 Å². The molecule has 5 heteroatoms. The van der Waals surface area contributed by atoms with E-state index in [4.69, 9.17) is 17.3 Å². The normalized spacial score (nSPS) is 29.9. The Hall–Kier alpha value is -0.580. The van der Waals surface area contributed by atoms with Gasteiger partial charge in [-0.15, -0.1) is 0 Å². The van der Waals surface area contributed by atoms with Gasteiger partial charge in [-0.1, -0.05) is 11.6 Å². The quantitative estimate of drug-likeness (QED) is 0.854. The molecule has 1 heterocycles. The van der Waals surface area contributed by atoms with Crippen molar-refractivity contribution in [2.24, 2.45) is 5.73 Å². The molecule has 0 aromatic carbocycles. The van der Waals surface area contributed by atoms with E-state index in [9.17, 15) is 5.11 Å². The zero-order valence-electron chi connectivity index (χ0n) is 10.4.